The van der Waals surface area contributed by atoms with E-state index in [0.717, 1.165) is 24.3 Å². The molecule has 2 aromatic rings. The second-order valence-corrected chi connectivity index (χ2v) is 8.67. The van der Waals surface area contributed by atoms with Gasteiger partial charge in [0.1, 0.15) is 5.75 Å². The first-order chi connectivity index (χ1) is 14.3. The average Bonchev–Trinajstić information content (AvgIpc) is 3.38. The number of carbonyl (C=O) groups is 1. The van der Waals surface area contributed by atoms with Gasteiger partial charge in [0, 0.05) is 29.9 Å². The minimum atomic E-state index is -1.43. The van der Waals surface area contributed by atoms with E-state index in [-0.39, 0.29) is 0 Å². The predicted molar refractivity (Wildman–Crippen MR) is 116 cm³/mol. The highest BCUT2D eigenvalue weighted by Crippen LogP contribution is 2.50. The maximum absolute atomic E-state index is 12.2. The van der Waals surface area contributed by atoms with Crippen LogP contribution in [0.1, 0.15) is 42.1 Å². The van der Waals surface area contributed by atoms with Crippen LogP contribution in [0.2, 0.25) is 0 Å². The summed E-state index contributed by atoms with van der Waals surface area (Å²) in [4.78, 5) is 31.0. The van der Waals surface area contributed by atoms with Crippen LogP contribution in [0.3, 0.4) is 0 Å². The predicted octanol–water partition coefficient (Wildman–Crippen LogP) is 2.93. The van der Waals surface area contributed by atoms with Gasteiger partial charge in [-0.3, -0.25) is 4.79 Å². The quantitative estimate of drug-likeness (QED) is 0.676. The fourth-order valence-electron chi connectivity index (χ4n) is 5.04. The highest BCUT2D eigenvalue weighted by molar-refractivity contribution is 5.92. The lowest BCUT2D eigenvalue weighted by Crippen LogP contribution is -2.39. The van der Waals surface area contributed by atoms with Crippen molar-refractivity contribution in [1.29, 1.82) is 0 Å². The minimum absolute atomic E-state index is 0.369. The summed E-state index contributed by atoms with van der Waals surface area (Å²) in [6.07, 6.45) is 4.15. The topological polar surface area (TPSA) is 96.9 Å². The number of rotatable bonds is 6. The number of anilines is 1. The molecule has 2 heterocycles. The normalized spacial score (nSPS) is 20.0. The summed E-state index contributed by atoms with van der Waals surface area (Å²) >= 11 is 0. The van der Waals surface area contributed by atoms with Gasteiger partial charge in [-0.15, -0.1) is 0 Å². The molecule has 1 aliphatic heterocycles. The minimum Gasteiger partial charge on any atom is -0.506 e. The van der Waals surface area contributed by atoms with E-state index in [1.54, 1.807) is 0 Å². The SMILES string of the molecule is CCc1c(-c2ccc(N3CCC(C4(N(C)C)CC4)C3)cc2)[nH]c(=O)c(C(=O)O)c1O. The van der Waals surface area contributed by atoms with Crippen LogP contribution >= 0.6 is 0 Å². The monoisotopic (exact) mass is 411 g/mol. The molecule has 3 N–H and O–H groups in total. The zero-order valence-electron chi connectivity index (χ0n) is 17.7. The molecule has 1 aromatic carbocycles. The van der Waals surface area contributed by atoms with Crippen molar-refractivity contribution in [2.45, 2.75) is 38.1 Å². The van der Waals surface area contributed by atoms with Gasteiger partial charge in [-0.1, -0.05) is 19.1 Å². The van der Waals surface area contributed by atoms with Gasteiger partial charge >= 0.3 is 5.97 Å². The third kappa shape index (κ3) is 3.27. The molecule has 0 radical (unpaired) electrons. The molecule has 0 spiro atoms. The number of hydrogen-bond donors (Lipinski definition) is 3. The number of nitrogens with zero attached hydrogens (tertiary/aromatic N) is 2. The molecule has 1 aromatic heterocycles. The Morgan fingerprint density at radius 1 is 1.27 bits per heavy atom. The molecule has 2 aliphatic rings. The highest BCUT2D eigenvalue weighted by Gasteiger charge is 2.52. The molecule has 0 bridgehead atoms. The number of carboxylic acid groups (broad SMARTS) is 1. The van der Waals surface area contributed by atoms with Crippen molar-refractivity contribution >= 4 is 11.7 Å². The molecule has 1 saturated carbocycles. The van der Waals surface area contributed by atoms with Crippen LogP contribution in [-0.2, 0) is 6.42 Å². The number of carboxylic acids is 1. The standard InChI is InChI=1S/C23H29N3O4/c1-4-17-19(24-21(28)18(20(17)27)22(29)30)14-5-7-16(8-6-14)26-12-9-15(13-26)23(10-11-23)25(2)3/h5-8,15H,4,9-13H2,1-3H3,(H,29,30)(H2,24,27,28). The number of hydrogen-bond acceptors (Lipinski definition) is 5. The number of aromatic carboxylic acids is 1. The molecule has 2 fully saturated rings. The number of nitrogens with one attached hydrogen (secondary N) is 1. The molecule has 30 heavy (non-hydrogen) atoms. The summed E-state index contributed by atoms with van der Waals surface area (Å²) in [5.41, 5.74) is 1.77. The molecule has 0 amide bonds. The molecule has 1 saturated heterocycles. The lowest BCUT2D eigenvalue weighted by molar-refractivity contribution is 0.0691. The van der Waals surface area contributed by atoms with E-state index in [0.29, 0.717) is 29.1 Å². The molecule has 1 unspecified atom stereocenters. The van der Waals surface area contributed by atoms with Gasteiger partial charge in [0.15, 0.2) is 5.56 Å². The van der Waals surface area contributed by atoms with Crippen molar-refractivity contribution in [3.05, 3.63) is 45.7 Å². The molecule has 1 atom stereocenters. The average molecular weight is 412 g/mol. The molecular weight excluding hydrogens is 382 g/mol. The first-order valence-corrected chi connectivity index (χ1v) is 10.5. The molecule has 7 heteroatoms. The summed E-state index contributed by atoms with van der Waals surface area (Å²) in [5.74, 6) is -1.20. The largest absolute Gasteiger partial charge is 0.506 e. The summed E-state index contributed by atoms with van der Waals surface area (Å²) in [5, 5.41) is 19.6. The van der Waals surface area contributed by atoms with Crippen molar-refractivity contribution in [3.8, 4) is 17.0 Å². The Morgan fingerprint density at radius 2 is 1.93 bits per heavy atom. The fourth-order valence-corrected chi connectivity index (χ4v) is 5.04. The zero-order valence-corrected chi connectivity index (χ0v) is 17.7. The Hall–Kier alpha value is -2.80. The van der Waals surface area contributed by atoms with Crippen molar-refractivity contribution < 1.29 is 15.0 Å². The summed E-state index contributed by atoms with van der Waals surface area (Å²) < 4.78 is 0. The lowest BCUT2D eigenvalue weighted by Gasteiger charge is -2.30. The van der Waals surface area contributed by atoms with Gasteiger partial charge < -0.3 is 25.0 Å². The fraction of sp³-hybridized carbons (Fsp3) is 0.478. The second kappa shape index (κ2) is 7.47. The van der Waals surface area contributed by atoms with Crippen molar-refractivity contribution in [1.82, 2.24) is 9.88 Å². The zero-order chi connectivity index (χ0) is 21.6. The molecule has 7 nitrogen and oxygen atoms in total. The molecular formula is C23H29N3O4. The third-order valence-corrected chi connectivity index (χ3v) is 6.98. The van der Waals surface area contributed by atoms with Crippen LogP contribution in [0.5, 0.6) is 5.75 Å². The van der Waals surface area contributed by atoms with E-state index in [9.17, 15) is 19.8 Å². The number of aromatic hydroxyl groups is 1. The van der Waals surface area contributed by atoms with Crippen molar-refractivity contribution in [3.63, 3.8) is 0 Å². The van der Waals surface area contributed by atoms with Gasteiger partial charge in [0.05, 0.1) is 5.69 Å². The third-order valence-electron chi connectivity index (χ3n) is 6.98. The van der Waals surface area contributed by atoms with Crippen LogP contribution in [0.15, 0.2) is 29.1 Å². The Morgan fingerprint density at radius 3 is 2.47 bits per heavy atom. The lowest BCUT2D eigenvalue weighted by atomic mass is 9.95. The van der Waals surface area contributed by atoms with Crippen LogP contribution in [0.25, 0.3) is 11.3 Å². The Labute approximate surface area is 176 Å². The maximum atomic E-state index is 12.2. The first kappa shape index (κ1) is 20.5. The first-order valence-electron chi connectivity index (χ1n) is 10.5. The molecule has 4 rings (SSSR count). The van der Waals surface area contributed by atoms with E-state index in [1.807, 2.05) is 31.2 Å². The van der Waals surface area contributed by atoms with Crippen molar-refractivity contribution in [2.24, 2.45) is 5.92 Å². The number of pyridine rings is 1. The highest BCUT2D eigenvalue weighted by atomic mass is 16.4. The van der Waals surface area contributed by atoms with E-state index < -0.39 is 22.8 Å². The number of aromatic nitrogens is 1. The second-order valence-electron chi connectivity index (χ2n) is 8.67. The summed E-state index contributed by atoms with van der Waals surface area (Å²) in [6, 6.07) is 7.91. The number of benzene rings is 1. The smallest absolute Gasteiger partial charge is 0.345 e. The maximum Gasteiger partial charge on any atom is 0.345 e. The summed E-state index contributed by atoms with van der Waals surface area (Å²) in [7, 11) is 4.36. The number of aromatic amines is 1. The van der Waals surface area contributed by atoms with Crippen LogP contribution in [0.4, 0.5) is 5.69 Å². The van der Waals surface area contributed by atoms with Crippen LogP contribution < -0.4 is 10.5 Å². The van der Waals surface area contributed by atoms with Gasteiger partial charge in [0.2, 0.25) is 0 Å². The van der Waals surface area contributed by atoms with Crippen molar-refractivity contribution in [2.75, 3.05) is 32.1 Å². The van der Waals surface area contributed by atoms with Gasteiger partial charge in [-0.05, 0) is 63.4 Å². The van der Waals surface area contributed by atoms with Gasteiger partial charge in [-0.2, -0.15) is 0 Å². The Balaban J connectivity index is 1.59. The van der Waals surface area contributed by atoms with E-state index in [1.165, 1.54) is 19.3 Å². The Kier molecular flexibility index (Phi) is 5.10. The van der Waals surface area contributed by atoms with Gasteiger partial charge in [-0.25, -0.2) is 4.79 Å². The molecule has 1 aliphatic carbocycles. The van der Waals surface area contributed by atoms with Crippen LogP contribution in [-0.4, -0.2) is 58.8 Å². The van der Waals surface area contributed by atoms with E-state index in [4.69, 9.17) is 0 Å². The molecule has 160 valence electrons. The Bertz CT molecular complexity index is 1020. The van der Waals surface area contributed by atoms with E-state index in [2.05, 4.69) is 28.9 Å². The summed E-state index contributed by atoms with van der Waals surface area (Å²) in [6.45, 7) is 3.90. The van der Waals surface area contributed by atoms with Gasteiger partial charge in [0.25, 0.3) is 5.56 Å². The van der Waals surface area contributed by atoms with E-state index >= 15 is 0 Å². The van der Waals surface area contributed by atoms with Crippen LogP contribution in [0, 0.1) is 5.92 Å². The number of H-pyrrole nitrogens is 1.